The molecule has 1 saturated heterocycles. The average molecular weight is 258 g/mol. The first-order valence-corrected chi connectivity index (χ1v) is 7.08. The van der Waals surface area contributed by atoms with Crippen molar-refractivity contribution in [2.45, 2.75) is 12.3 Å². The summed E-state index contributed by atoms with van der Waals surface area (Å²) >= 11 is 1.81. The van der Waals surface area contributed by atoms with Gasteiger partial charge < -0.3 is 4.90 Å². The molecule has 0 radical (unpaired) electrons. The lowest BCUT2D eigenvalue weighted by molar-refractivity contribution is 0.0765. The number of carbonyl (C=O) groups is 1. The molecule has 1 aromatic carbocycles. The molecule has 4 heteroatoms. The maximum Gasteiger partial charge on any atom is 0.274 e. The molecule has 0 bridgehead atoms. The summed E-state index contributed by atoms with van der Waals surface area (Å²) in [6, 6.07) is 9.83. The number of benzene rings is 1. The highest BCUT2D eigenvalue weighted by Gasteiger charge is 2.28. The van der Waals surface area contributed by atoms with Gasteiger partial charge in [0.1, 0.15) is 5.69 Å². The van der Waals surface area contributed by atoms with Crippen LogP contribution in [0.1, 0.15) is 17.4 Å². The summed E-state index contributed by atoms with van der Waals surface area (Å²) in [6.45, 7) is 2.89. The van der Waals surface area contributed by atoms with E-state index in [9.17, 15) is 4.79 Å². The number of aromatic nitrogens is 1. The summed E-state index contributed by atoms with van der Waals surface area (Å²) in [5.41, 5.74) is 0.572. The van der Waals surface area contributed by atoms with Crippen LogP contribution in [0.2, 0.25) is 0 Å². The third-order valence-electron chi connectivity index (χ3n) is 3.27. The van der Waals surface area contributed by atoms with Crippen molar-refractivity contribution in [3.63, 3.8) is 0 Å². The molecular weight excluding hydrogens is 244 g/mol. The number of hydrogen-bond acceptors (Lipinski definition) is 3. The molecule has 1 amide bonds. The first-order chi connectivity index (χ1) is 8.77. The second-order valence-corrected chi connectivity index (χ2v) is 5.77. The zero-order valence-corrected chi connectivity index (χ0v) is 11.0. The molecule has 3 rings (SSSR count). The van der Waals surface area contributed by atoms with Gasteiger partial charge in [-0.05, 0) is 18.4 Å². The number of rotatable bonds is 1. The van der Waals surface area contributed by atoms with Crippen LogP contribution in [-0.2, 0) is 0 Å². The molecular formula is C14H14N2OS. The molecule has 92 valence electrons. The normalized spacial score (nSPS) is 19.4. The van der Waals surface area contributed by atoms with E-state index in [0.29, 0.717) is 5.69 Å². The van der Waals surface area contributed by atoms with E-state index in [0.717, 1.165) is 23.1 Å². The predicted octanol–water partition coefficient (Wildman–Crippen LogP) is 2.77. The number of carbonyl (C=O) groups excluding carboxylic acids is 1. The Kier molecular flexibility index (Phi) is 2.96. The molecule has 0 saturated carbocycles. The first kappa shape index (κ1) is 11.5. The molecule has 1 fully saturated rings. The standard InChI is InChI=1S/C14H14N2OS/c1-10-16(8-9-18-10)14(17)13-12-5-3-2-4-11(12)6-7-15-13/h2-7,10H,8-9H2,1H3. The maximum atomic E-state index is 12.5. The number of nitrogens with zero attached hydrogens (tertiary/aromatic N) is 2. The van der Waals surface area contributed by atoms with E-state index in [1.54, 1.807) is 6.20 Å². The van der Waals surface area contributed by atoms with Crippen LogP contribution in [0, 0.1) is 0 Å². The number of fused-ring (bicyclic) bond motifs is 1. The fourth-order valence-electron chi connectivity index (χ4n) is 2.29. The Morgan fingerprint density at radius 3 is 3.00 bits per heavy atom. The second kappa shape index (κ2) is 4.61. The summed E-state index contributed by atoms with van der Waals surface area (Å²) in [6.07, 6.45) is 1.71. The van der Waals surface area contributed by atoms with E-state index < -0.39 is 0 Å². The van der Waals surface area contributed by atoms with Gasteiger partial charge in [0.15, 0.2) is 0 Å². The largest absolute Gasteiger partial charge is 0.325 e. The van der Waals surface area contributed by atoms with Crippen molar-refractivity contribution in [1.82, 2.24) is 9.88 Å². The molecule has 1 unspecified atom stereocenters. The van der Waals surface area contributed by atoms with Gasteiger partial charge in [0.2, 0.25) is 0 Å². The lowest BCUT2D eigenvalue weighted by Gasteiger charge is -2.20. The molecule has 18 heavy (non-hydrogen) atoms. The molecule has 0 aliphatic carbocycles. The van der Waals surface area contributed by atoms with Crippen molar-refractivity contribution >= 4 is 28.4 Å². The van der Waals surface area contributed by atoms with Gasteiger partial charge in [-0.15, -0.1) is 11.8 Å². The number of thioether (sulfide) groups is 1. The van der Waals surface area contributed by atoms with E-state index in [2.05, 4.69) is 11.9 Å². The Balaban J connectivity index is 2.06. The van der Waals surface area contributed by atoms with Crippen LogP contribution in [0.5, 0.6) is 0 Å². The summed E-state index contributed by atoms with van der Waals surface area (Å²) < 4.78 is 0. The highest BCUT2D eigenvalue weighted by molar-refractivity contribution is 8.00. The molecule has 0 N–H and O–H groups in total. The third-order valence-corrected chi connectivity index (χ3v) is 4.42. The SMILES string of the molecule is CC1SCCN1C(=O)c1nccc2ccccc12. The highest BCUT2D eigenvalue weighted by atomic mass is 32.2. The zero-order chi connectivity index (χ0) is 12.5. The minimum atomic E-state index is 0.0456. The van der Waals surface area contributed by atoms with E-state index in [-0.39, 0.29) is 11.3 Å². The molecule has 2 aromatic rings. The van der Waals surface area contributed by atoms with Gasteiger partial charge in [-0.1, -0.05) is 24.3 Å². The molecule has 1 atom stereocenters. The van der Waals surface area contributed by atoms with Crippen molar-refractivity contribution < 1.29 is 4.79 Å². The van der Waals surface area contributed by atoms with Crippen molar-refractivity contribution in [1.29, 1.82) is 0 Å². The van der Waals surface area contributed by atoms with Gasteiger partial charge in [-0.3, -0.25) is 9.78 Å². The smallest absolute Gasteiger partial charge is 0.274 e. The van der Waals surface area contributed by atoms with Crippen LogP contribution in [0.15, 0.2) is 36.5 Å². The Labute approximate surface area is 110 Å². The minimum Gasteiger partial charge on any atom is -0.325 e. The molecule has 1 aliphatic heterocycles. The fourth-order valence-corrected chi connectivity index (χ4v) is 3.31. The van der Waals surface area contributed by atoms with Crippen molar-refractivity contribution in [2.24, 2.45) is 0 Å². The Hall–Kier alpha value is -1.55. The van der Waals surface area contributed by atoms with Crippen LogP contribution in [0.3, 0.4) is 0 Å². The van der Waals surface area contributed by atoms with Gasteiger partial charge in [0.25, 0.3) is 5.91 Å². The topological polar surface area (TPSA) is 33.2 Å². The number of amides is 1. The molecule has 3 nitrogen and oxygen atoms in total. The Morgan fingerprint density at radius 2 is 2.22 bits per heavy atom. The fraction of sp³-hybridized carbons (Fsp3) is 0.286. The van der Waals surface area contributed by atoms with Gasteiger partial charge in [-0.2, -0.15) is 0 Å². The summed E-state index contributed by atoms with van der Waals surface area (Å²) in [5.74, 6) is 1.06. The third kappa shape index (κ3) is 1.86. The Bertz CT molecular complexity index is 594. The highest BCUT2D eigenvalue weighted by Crippen LogP contribution is 2.26. The molecule has 1 aromatic heterocycles. The predicted molar refractivity (Wildman–Crippen MR) is 74.7 cm³/mol. The van der Waals surface area contributed by atoms with E-state index in [1.807, 2.05) is 47.0 Å². The minimum absolute atomic E-state index is 0.0456. The molecule has 0 spiro atoms. The zero-order valence-electron chi connectivity index (χ0n) is 10.2. The van der Waals surface area contributed by atoms with Crippen LogP contribution in [0.4, 0.5) is 0 Å². The van der Waals surface area contributed by atoms with E-state index in [4.69, 9.17) is 0 Å². The molecule has 1 aliphatic rings. The lowest BCUT2D eigenvalue weighted by atomic mass is 10.1. The van der Waals surface area contributed by atoms with Crippen molar-refractivity contribution in [2.75, 3.05) is 12.3 Å². The van der Waals surface area contributed by atoms with E-state index >= 15 is 0 Å². The van der Waals surface area contributed by atoms with Gasteiger partial charge >= 0.3 is 0 Å². The van der Waals surface area contributed by atoms with Crippen LogP contribution >= 0.6 is 11.8 Å². The summed E-state index contributed by atoms with van der Waals surface area (Å²) in [7, 11) is 0. The first-order valence-electron chi connectivity index (χ1n) is 6.04. The van der Waals surface area contributed by atoms with E-state index in [1.165, 1.54) is 0 Å². The van der Waals surface area contributed by atoms with Crippen LogP contribution in [-0.4, -0.2) is 33.5 Å². The van der Waals surface area contributed by atoms with Gasteiger partial charge in [-0.25, -0.2) is 0 Å². The summed E-state index contributed by atoms with van der Waals surface area (Å²) in [5, 5.41) is 2.25. The number of pyridine rings is 1. The molecule has 2 heterocycles. The van der Waals surface area contributed by atoms with Crippen LogP contribution in [0.25, 0.3) is 10.8 Å². The van der Waals surface area contributed by atoms with Crippen molar-refractivity contribution in [3.05, 3.63) is 42.2 Å². The summed E-state index contributed by atoms with van der Waals surface area (Å²) in [4.78, 5) is 18.7. The maximum absolute atomic E-state index is 12.5. The van der Waals surface area contributed by atoms with Gasteiger partial charge in [0, 0.05) is 23.9 Å². The second-order valence-electron chi connectivity index (χ2n) is 4.35. The lowest BCUT2D eigenvalue weighted by Crippen LogP contribution is -2.33. The quantitative estimate of drug-likeness (QED) is 0.788. The van der Waals surface area contributed by atoms with Crippen LogP contribution < -0.4 is 0 Å². The monoisotopic (exact) mass is 258 g/mol. The van der Waals surface area contributed by atoms with Gasteiger partial charge in [0.05, 0.1) is 5.37 Å². The average Bonchev–Trinajstić information content (AvgIpc) is 2.83. The Morgan fingerprint density at radius 1 is 1.39 bits per heavy atom. The van der Waals surface area contributed by atoms with Crippen molar-refractivity contribution in [3.8, 4) is 0 Å². The number of hydrogen-bond donors (Lipinski definition) is 0.